The van der Waals surface area contributed by atoms with Crippen molar-refractivity contribution >= 4 is 28.5 Å². The average molecular weight is 333 g/mol. The summed E-state index contributed by atoms with van der Waals surface area (Å²) in [6.45, 7) is 5.76. The van der Waals surface area contributed by atoms with E-state index in [0.717, 1.165) is 16.9 Å². The summed E-state index contributed by atoms with van der Waals surface area (Å²) in [5.41, 5.74) is 0.425. The summed E-state index contributed by atoms with van der Waals surface area (Å²) in [6, 6.07) is 9.61. The zero-order valence-electron chi connectivity index (χ0n) is 13.3. The average Bonchev–Trinajstić information content (AvgIpc) is 2.92. The zero-order valence-corrected chi connectivity index (χ0v) is 14.1. The van der Waals surface area contributed by atoms with Crippen molar-refractivity contribution in [1.29, 1.82) is 0 Å². The Morgan fingerprint density at radius 1 is 1.22 bits per heavy atom. The third-order valence-corrected chi connectivity index (χ3v) is 3.54. The Kier molecular flexibility index (Phi) is 5.33. The maximum Gasteiger partial charge on any atom is 0.413 e. The predicted molar refractivity (Wildman–Crippen MR) is 89.6 cm³/mol. The van der Waals surface area contributed by atoms with Crippen molar-refractivity contribution in [2.75, 3.05) is 5.32 Å². The Bertz CT molecular complexity index is 677. The number of carbonyl (C=O) groups is 2. The maximum atomic E-state index is 12.1. The highest BCUT2D eigenvalue weighted by Crippen LogP contribution is 2.19. The largest absolute Gasteiger partial charge is 0.444 e. The molecule has 6 nitrogen and oxygen atoms in total. The third kappa shape index (κ3) is 5.71. The van der Waals surface area contributed by atoms with Crippen LogP contribution in [0.25, 0.3) is 0 Å². The Morgan fingerprint density at radius 3 is 2.57 bits per heavy atom. The van der Waals surface area contributed by atoms with Gasteiger partial charge < -0.3 is 10.1 Å². The highest BCUT2D eigenvalue weighted by Gasteiger charge is 2.18. The molecule has 7 heteroatoms. The molecule has 1 aromatic heterocycles. The van der Waals surface area contributed by atoms with E-state index in [1.54, 1.807) is 20.8 Å². The fourth-order valence-corrected chi connectivity index (χ4v) is 2.41. The van der Waals surface area contributed by atoms with Gasteiger partial charge in [0.25, 0.3) is 5.91 Å². The molecule has 23 heavy (non-hydrogen) atoms. The normalized spacial score (nSPS) is 10.9. The first-order valence-electron chi connectivity index (χ1n) is 7.11. The number of anilines is 1. The second kappa shape index (κ2) is 7.23. The van der Waals surface area contributed by atoms with E-state index in [0.29, 0.717) is 16.6 Å². The molecule has 0 spiro atoms. The van der Waals surface area contributed by atoms with Gasteiger partial charge in [-0.3, -0.25) is 10.1 Å². The number of hydrogen-bond donors (Lipinski definition) is 2. The van der Waals surface area contributed by atoms with Crippen molar-refractivity contribution in [3.05, 3.63) is 47.0 Å². The van der Waals surface area contributed by atoms with E-state index >= 15 is 0 Å². The van der Waals surface area contributed by atoms with Gasteiger partial charge in [0.15, 0.2) is 5.13 Å². The summed E-state index contributed by atoms with van der Waals surface area (Å²) in [5, 5.41) is 5.64. The second-order valence-electron chi connectivity index (χ2n) is 5.82. The first-order chi connectivity index (χ1) is 10.8. The molecule has 2 N–H and O–H groups in total. The SMILES string of the molecule is CC(C)(C)OC(=O)Nc1ncc(C(=O)NCc2ccccc2)s1. The number of nitrogens with one attached hydrogen (secondary N) is 2. The third-order valence-electron chi connectivity index (χ3n) is 2.63. The van der Waals surface area contributed by atoms with Crippen LogP contribution < -0.4 is 10.6 Å². The smallest absolute Gasteiger partial charge is 0.413 e. The summed E-state index contributed by atoms with van der Waals surface area (Å²) < 4.78 is 5.13. The lowest BCUT2D eigenvalue weighted by Crippen LogP contribution is -2.27. The van der Waals surface area contributed by atoms with Gasteiger partial charge in [-0.25, -0.2) is 9.78 Å². The van der Waals surface area contributed by atoms with E-state index in [1.165, 1.54) is 6.20 Å². The number of aromatic nitrogens is 1. The van der Waals surface area contributed by atoms with Gasteiger partial charge >= 0.3 is 6.09 Å². The molecule has 0 aliphatic carbocycles. The number of ether oxygens (including phenoxy) is 1. The molecule has 2 aromatic rings. The van der Waals surface area contributed by atoms with Gasteiger partial charge in [-0.15, -0.1) is 0 Å². The first kappa shape index (κ1) is 17.0. The monoisotopic (exact) mass is 333 g/mol. The highest BCUT2D eigenvalue weighted by molar-refractivity contribution is 7.17. The number of nitrogens with zero attached hydrogens (tertiary/aromatic N) is 1. The van der Waals surface area contributed by atoms with Crippen LogP contribution in [0.15, 0.2) is 36.5 Å². The van der Waals surface area contributed by atoms with Crippen LogP contribution in [-0.2, 0) is 11.3 Å². The molecule has 0 fully saturated rings. The Balaban J connectivity index is 1.88. The molecule has 0 saturated carbocycles. The molecule has 2 amide bonds. The number of carbonyl (C=O) groups excluding carboxylic acids is 2. The number of thiazole rings is 1. The Hall–Kier alpha value is -2.41. The van der Waals surface area contributed by atoms with Crippen LogP contribution in [-0.4, -0.2) is 22.6 Å². The van der Waals surface area contributed by atoms with Crippen molar-refractivity contribution in [2.45, 2.75) is 32.9 Å². The van der Waals surface area contributed by atoms with Crippen LogP contribution >= 0.6 is 11.3 Å². The summed E-state index contributed by atoms with van der Waals surface area (Å²) in [4.78, 5) is 28.1. The summed E-state index contributed by atoms with van der Waals surface area (Å²) in [5.74, 6) is -0.233. The number of hydrogen-bond acceptors (Lipinski definition) is 5. The van der Waals surface area contributed by atoms with Gasteiger partial charge in [-0.2, -0.15) is 0 Å². The van der Waals surface area contributed by atoms with E-state index in [-0.39, 0.29) is 5.91 Å². The molecule has 0 saturated heterocycles. The zero-order chi connectivity index (χ0) is 16.9. The van der Waals surface area contributed by atoms with Gasteiger partial charge in [0.2, 0.25) is 0 Å². The molecule has 1 heterocycles. The maximum absolute atomic E-state index is 12.1. The number of amides is 2. The second-order valence-corrected chi connectivity index (χ2v) is 6.86. The number of benzene rings is 1. The van der Waals surface area contributed by atoms with Crippen LogP contribution in [0.1, 0.15) is 36.0 Å². The van der Waals surface area contributed by atoms with Gasteiger partial charge in [-0.1, -0.05) is 41.7 Å². The molecule has 2 rings (SSSR count). The standard InChI is InChI=1S/C16H19N3O3S/c1-16(2,3)22-15(21)19-14-18-10-12(23-14)13(20)17-9-11-7-5-4-6-8-11/h4-8,10H,9H2,1-3H3,(H,17,20)(H,18,19,21). The van der Waals surface area contributed by atoms with Crippen molar-refractivity contribution in [3.8, 4) is 0 Å². The highest BCUT2D eigenvalue weighted by atomic mass is 32.1. The molecule has 0 aliphatic heterocycles. The lowest BCUT2D eigenvalue weighted by atomic mass is 10.2. The Labute approximate surface area is 138 Å². The molecule has 0 aliphatic rings. The number of rotatable bonds is 4. The molecule has 0 radical (unpaired) electrons. The van der Waals surface area contributed by atoms with Crippen LogP contribution in [0.5, 0.6) is 0 Å². The molecule has 0 atom stereocenters. The van der Waals surface area contributed by atoms with E-state index in [1.807, 2.05) is 30.3 Å². The van der Waals surface area contributed by atoms with Crippen LogP contribution in [0.4, 0.5) is 9.93 Å². The minimum Gasteiger partial charge on any atom is -0.444 e. The van der Waals surface area contributed by atoms with Crippen LogP contribution in [0.3, 0.4) is 0 Å². The molecule has 0 unspecified atom stereocenters. The minimum absolute atomic E-state index is 0.233. The van der Waals surface area contributed by atoms with Crippen molar-refractivity contribution in [1.82, 2.24) is 10.3 Å². The molecule has 1 aromatic carbocycles. The molecule has 0 bridgehead atoms. The predicted octanol–water partition coefficient (Wildman–Crippen LogP) is 3.42. The molecule has 122 valence electrons. The van der Waals surface area contributed by atoms with Crippen molar-refractivity contribution < 1.29 is 14.3 Å². The quantitative estimate of drug-likeness (QED) is 0.898. The Morgan fingerprint density at radius 2 is 1.91 bits per heavy atom. The van der Waals surface area contributed by atoms with E-state index in [2.05, 4.69) is 15.6 Å². The fourth-order valence-electron chi connectivity index (χ4n) is 1.69. The molecular weight excluding hydrogens is 314 g/mol. The van der Waals surface area contributed by atoms with Gasteiger partial charge in [0, 0.05) is 6.54 Å². The van der Waals surface area contributed by atoms with Gasteiger partial charge in [0.05, 0.1) is 6.20 Å². The van der Waals surface area contributed by atoms with Gasteiger partial charge in [-0.05, 0) is 26.3 Å². The van der Waals surface area contributed by atoms with Gasteiger partial charge in [0.1, 0.15) is 10.5 Å². The summed E-state index contributed by atoms with van der Waals surface area (Å²) in [7, 11) is 0. The van der Waals surface area contributed by atoms with Crippen molar-refractivity contribution in [3.63, 3.8) is 0 Å². The van der Waals surface area contributed by atoms with E-state index in [4.69, 9.17) is 4.74 Å². The van der Waals surface area contributed by atoms with Crippen LogP contribution in [0.2, 0.25) is 0 Å². The fraction of sp³-hybridized carbons (Fsp3) is 0.312. The van der Waals surface area contributed by atoms with E-state index in [9.17, 15) is 9.59 Å². The molecular formula is C16H19N3O3S. The van der Waals surface area contributed by atoms with Crippen molar-refractivity contribution in [2.24, 2.45) is 0 Å². The topological polar surface area (TPSA) is 80.3 Å². The summed E-state index contributed by atoms with van der Waals surface area (Å²) >= 11 is 1.10. The first-order valence-corrected chi connectivity index (χ1v) is 7.93. The van der Waals surface area contributed by atoms with Crippen LogP contribution in [0, 0.1) is 0 Å². The minimum atomic E-state index is -0.594. The lowest BCUT2D eigenvalue weighted by Gasteiger charge is -2.18. The summed E-state index contributed by atoms with van der Waals surface area (Å²) in [6.07, 6.45) is 0.834. The van der Waals surface area contributed by atoms with E-state index < -0.39 is 11.7 Å². The lowest BCUT2D eigenvalue weighted by molar-refractivity contribution is 0.0635.